The number of hydrogen-bond donors (Lipinski definition) is 0. The van der Waals surface area contributed by atoms with E-state index >= 15 is 0 Å². The molecule has 0 radical (unpaired) electrons. The largest absolute Gasteiger partial charge is 0.487 e. The van der Waals surface area contributed by atoms with E-state index in [0.717, 1.165) is 25.7 Å². The predicted molar refractivity (Wildman–Crippen MR) is 125 cm³/mol. The third kappa shape index (κ3) is 4.07. The maximum atomic E-state index is 12.3. The molecule has 1 unspecified atom stereocenters. The van der Waals surface area contributed by atoms with Crippen LogP contribution in [0, 0.1) is 22.7 Å². The first-order chi connectivity index (χ1) is 15.8. The lowest BCUT2D eigenvalue weighted by Gasteiger charge is -2.64. The molecule has 5 atom stereocenters. The van der Waals surface area contributed by atoms with Crippen molar-refractivity contribution in [2.75, 3.05) is 0 Å². The van der Waals surface area contributed by atoms with Crippen molar-refractivity contribution in [1.29, 1.82) is 0 Å². The maximum Gasteiger partial charge on any atom is 0.308 e. The van der Waals surface area contributed by atoms with Gasteiger partial charge in [-0.25, -0.2) is 0 Å². The fraction of sp³-hybridized carbons (Fsp3) is 0.667. The average molecular weight is 473 g/mol. The van der Waals surface area contributed by atoms with Crippen LogP contribution in [0.5, 0.6) is 17.2 Å². The number of fused-ring (bicyclic) bond motifs is 4. The highest BCUT2D eigenvalue weighted by Crippen LogP contribution is 2.67. The van der Waals surface area contributed by atoms with Crippen molar-refractivity contribution in [1.82, 2.24) is 0 Å². The van der Waals surface area contributed by atoms with Crippen molar-refractivity contribution in [3.8, 4) is 17.2 Å². The summed E-state index contributed by atoms with van der Waals surface area (Å²) in [6, 6.07) is 3.20. The molecule has 1 aromatic rings. The monoisotopic (exact) mass is 472 g/mol. The molecule has 34 heavy (non-hydrogen) atoms. The van der Waals surface area contributed by atoms with Crippen molar-refractivity contribution in [2.24, 2.45) is 22.7 Å². The van der Waals surface area contributed by atoms with Crippen LogP contribution in [0.2, 0.25) is 0 Å². The minimum Gasteiger partial charge on any atom is -0.487 e. The Labute approximate surface area is 201 Å². The first-order valence-corrected chi connectivity index (χ1v) is 12.2. The predicted octanol–water partition coefficient (Wildman–Crippen LogP) is 5.54. The molecule has 0 saturated heterocycles. The molecule has 3 aliphatic rings. The Hall–Kier alpha value is -2.57. The lowest BCUT2D eigenvalue weighted by molar-refractivity contribution is -0.212. The summed E-state index contributed by atoms with van der Waals surface area (Å²) in [4.78, 5) is 35.8. The van der Waals surface area contributed by atoms with Crippen molar-refractivity contribution in [2.45, 2.75) is 92.3 Å². The highest BCUT2D eigenvalue weighted by molar-refractivity contribution is 5.75. The summed E-state index contributed by atoms with van der Waals surface area (Å²) < 4.78 is 23.4. The van der Waals surface area contributed by atoms with E-state index < -0.39 is 23.6 Å². The fourth-order valence-corrected chi connectivity index (χ4v) is 7.40. The van der Waals surface area contributed by atoms with Crippen LogP contribution in [-0.4, -0.2) is 23.5 Å². The van der Waals surface area contributed by atoms with Gasteiger partial charge in [0.05, 0.1) is 0 Å². The lowest BCUT2D eigenvalue weighted by Crippen LogP contribution is -2.63. The van der Waals surface area contributed by atoms with Gasteiger partial charge in [0, 0.05) is 38.3 Å². The van der Waals surface area contributed by atoms with Gasteiger partial charge in [0.15, 0.2) is 11.5 Å². The van der Waals surface area contributed by atoms with E-state index in [1.54, 1.807) is 12.1 Å². The first-order valence-electron chi connectivity index (χ1n) is 12.2. The number of ether oxygens (including phenoxy) is 4. The van der Waals surface area contributed by atoms with E-state index in [1.165, 1.54) is 27.2 Å². The van der Waals surface area contributed by atoms with E-state index in [1.807, 2.05) is 0 Å². The molecule has 2 fully saturated rings. The van der Waals surface area contributed by atoms with Crippen molar-refractivity contribution in [3.63, 3.8) is 0 Å². The molecule has 4 rings (SSSR count). The zero-order valence-electron chi connectivity index (χ0n) is 21.3. The molecule has 0 spiro atoms. The average Bonchev–Trinajstić information content (AvgIpc) is 2.66. The molecule has 2 aliphatic carbocycles. The van der Waals surface area contributed by atoms with Gasteiger partial charge in [-0.05, 0) is 55.4 Å². The number of esters is 3. The topological polar surface area (TPSA) is 88.1 Å². The van der Waals surface area contributed by atoms with Crippen LogP contribution in [0.15, 0.2) is 12.1 Å². The molecule has 1 heterocycles. The SMILES string of the molecule is CC(=O)Oc1cc2c(cc1OC(C)=O)C(OC(C)=O)[C@@H]1[C@@]3(C)CCCC(C)(C)[C@@H]3CC[C@]1(C)O2. The first kappa shape index (κ1) is 24.6. The molecule has 2 saturated carbocycles. The van der Waals surface area contributed by atoms with Crippen molar-refractivity contribution >= 4 is 17.9 Å². The minimum absolute atomic E-state index is 0.0838. The van der Waals surface area contributed by atoms with E-state index in [0.29, 0.717) is 17.2 Å². The number of benzene rings is 1. The minimum atomic E-state index is -0.575. The molecule has 7 nitrogen and oxygen atoms in total. The van der Waals surface area contributed by atoms with Gasteiger partial charge in [0.25, 0.3) is 0 Å². The fourth-order valence-electron chi connectivity index (χ4n) is 7.40. The molecule has 1 aromatic carbocycles. The molecule has 0 N–H and O–H groups in total. The lowest BCUT2D eigenvalue weighted by atomic mass is 9.44. The van der Waals surface area contributed by atoms with Gasteiger partial charge >= 0.3 is 17.9 Å². The Morgan fingerprint density at radius 3 is 2.09 bits per heavy atom. The molecule has 0 aromatic heterocycles. The summed E-state index contributed by atoms with van der Waals surface area (Å²) in [7, 11) is 0. The number of rotatable bonds is 3. The van der Waals surface area contributed by atoms with Crippen LogP contribution in [-0.2, 0) is 19.1 Å². The molecular weight excluding hydrogens is 436 g/mol. The second kappa shape index (κ2) is 8.28. The summed E-state index contributed by atoms with van der Waals surface area (Å²) in [6.07, 6.45) is 4.59. The van der Waals surface area contributed by atoms with Gasteiger partial charge in [-0.3, -0.25) is 14.4 Å². The maximum absolute atomic E-state index is 12.3. The van der Waals surface area contributed by atoms with Crippen LogP contribution < -0.4 is 14.2 Å². The van der Waals surface area contributed by atoms with Crippen LogP contribution in [0.1, 0.15) is 92.2 Å². The highest BCUT2D eigenvalue weighted by atomic mass is 16.6. The van der Waals surface area contributed by atoms with Crippen LogP contribution in [0.3, 0.4) is 0 Å². The normalized spacial score (nSPS) is 33.3. The Bertz CT molecular complexity index is 1030. The van der Waals surface area contributed by atoms with Gasteiger partial charge in [0.2, 0.25) is 0 Å². The number of hydrogen-bond acceptors (Lipinski definition) is 7. The second-order valence-corrected chi connectivity index (χ2v) is 11.4. The second-order valence-electron chi connectivity index (χ2n) is 11.4. The van der Waals surface area contributed by atoms with Gasteiger partial charge in [-0.1, -0.05) is 27.2 Å². The van der Waals surface area contributed by atoms with Crippen LogP contribution in [0.4, 0.5) is 0 Å². The summed E-state index contributed by atoms with van der Waals surface area (Å²) in [5, 5.41) is 0. The summed E-state index contributed by atoms with van der Waals surface area (Å²) in [5.41, 5.74) is 0.137. The Balaban J connectivity index is 1.90. The van der Waals surface area contributed by atoms with Crippen molar-refractivity contribution < 1.29 is 33.3 Å². The third-order valence-corrected chi connectivity index (χ3v) is 8.40. The van der Waals surface area contributed by atoms with Gasteiger partial charge in [0.1, 0.15) is 17.5 Å². The van der Waals surface area contributed by atoms with Crippen molar-refractivity contribution in [3.05, 3.63) is 17.7 Å². The highest BCUT2D eigenvalue weighted by Gasteiger charge is 2.64. The van der Waals surface area contributed by atoms with Gasteiger partial charge < -0.3 is 18.9 Å². The van der Waals surface area contributed by atoms with E-state index in [9.17, 15) is 14.4 Å². The molecule has 7 heteroatoms. The van der Waals surface area contributed by atoms with E-state index in [2.05, 4.69) is 27.7 Å². The molecular formula is C27H36O7. The molecule has 1 aliphatic heterocycles. The number of carbonyl (C=O) groups excluding carboxylic acids is 3. The van der Waals surface area contributed by atoms with Gasteiger partial charge in [-0.15, -0.1) is 0 Å². The van der Waals surface area contributed by atoms with E-state index in [-0.39, 0.29) is 34.2 Å². The van der Waals surface area contributed by atoms with Crippen LogP contribution in [0.25, 0.3) is 0 Å². The summed E-state index contributed by atoms with van der Waals surface area (Å²) in [6.45, 7) is 13.1. The van der Waals surface area contributed by atoms with E-state index in [4.69, 9.17) is 18.9 Å². The van der Waals surface area contributed by atoms with Gasteiger partial charge in [-0.2, -0.15) is 0 Å². The third-order valence-electron chi connectivity index (χ3n) is 8.40. The quantitative estimate of drug-likeness (QED) is 0.422. The summed E-state index contributed by atoms with van der Waals surface area (Å²) >= 11 is 0. The molecule has 0 amide bonds. The Morgan fingerprint density at radius 1 is 0.882 bits per heavy atom. The molecule has 186 valence electrons. The Morgan fingerprint density at radius 2 is 1.50 bits per heavy atom. The van der Waals surface area contributed by atoms with Crippen LogP contribution >= 0.6 is 0 Å². The standard InChI is InChI=1S/C27H36O7/c1-15(28)31-20-13-18-19(14-21(20)32-16(2)29)34-27(7)12-9-22-25(4,5)10-8-11-26(22,6)24(27)23(18)33-17(3)30/h13-14,22-24H,8-12H2,1-7H3/t22-,23?,24+,26-,27-/m0/s1. The zero-order valence-corrected chi connectivity index (χ0v) is 21.3. The number of carbonyl (C=O) groups is 3. The zero-order chi connectivity index (χ0) is 25.1. The molecule has 0 bridgehead atoms. The smallest absolute Gasteiger partial charge is 0.308 e. The Kier molecular flexibility index (Phi) is 5.98. The summed E-state index contributed by atoms with van der Waals surface area (Å²) in [5.74, 6) is -0.396.